The molecule has 0 radical (unpaired) electrons. The maximum atomic E-state index is 6.77. The highest BCUT2D eigenvalue weighted by Gasteiger charge is 2.44. The van der Waals surface area contributed by atoms with Crippen LogP contribution in [0.2, 0.25) is 0 Å². The molecular formula is C15H29N. The van der Waals surface area contributed by atoms with Crippen LogP contribution in [0, 0.1) is 17.8 Å². The van der Waals surface area contributed by atoms with Gasteiger partial charge in [-0.05, 0) is 43.4 Å². The van der Waals surface area contributed by atoms with Crippen LogP contribution in [0.3, 0.4) is 0 Å². The van der Waals surface area contributed by atoms with E-state index in [1.807, 2.05) is 0 Å². The minimum Gasteiger partial charge on any atom is -0.325 e. The Morgan fingerprint density at radius 3 is 2.44 bits per heavy atom. The van der Waals surface area contributed by atoms with E-state index in [2.05, 4.69) is 13.8 Å². The van der Waals surface area contributed by atoms with E-state index in [1.165, 1.54) is 57.8 Å². The van der Waals surface area contributed by atoms with E-state index in [9.17, 15) is 0 Å². The van der Waals surface area contributed by atoms with Gasteiger partial charge in [-0.2, -0.15) is 0 Å². The fraction of sp³-hybridized carbons (Fsp3) is 1.00. The summed E-state index contributed by atoms with van der Waals surface area (Å²) in [4.78, 5) is 0. The first-order chi connectivity index (χ1) is 7.69. The summed E-state index contributed by atoms with van der Waals surface area (Å²) < 4.78 is 0. The van der Waals surface area contributed by atoms with Gasteiger partial charge in [0.05, 0.1) is 0 Å². The molecular weight excluding hydrogens is 194 g/mol. The van der Waals surface area contributed by atoms with Crippen LogP contribution in [0.25, 0.3) is 0 Å². The normalized spacial score (nSPS) is 44.8. The Kier molecular flexibility index (Phi) is 3.94. The van der Waals surface area contributed by atoms with E-state index in [0.717, 1.165) is 17.8 Å². The Balaban J connectivity index is 2.04. The van der Waals surface area contributed by atoms with Gasteiger partial charge in [0.25, 0.3) is 0 Å². The molecule has 94 valence electrons. The van der Waals surface area contributed by atoms with Crippen molar-refractivity contribution in [3.05, 3.63) is 0 Å². The predicted octanol–water partition coefficient (Wildman–Crippen LogP) is 4.11. The number of nitrogens with two attached hydrogens (primary N) is 1. The minimum absolute atomic E-state index is 0.210. The molecule has 0 aliphatic heterocycles. The predicted molar refractivity (Wildman–Crippen MR) is 70.3 cm³/mol. The van der Waals surface area contributed by atoms with Crippen LogP contribution in [-0.4, -0.2) is 5.54 Å². The summed E-state index contributed by atoms with van der Waals surface area (Å²) in [6.45, 7) is 4.69. The topological polar surface area (TPSA) is 26.0 Å². The van der Waals surface area contributed by atoms with Gasteiger partial charge in [0.1, 0.15) is 0 Å². The average molecular weight is 223 g/mol. The maximum Gasteiger partial charge on any atom is 0.0188 e. The summed E-state index contributed by atoms with van der Waals surface area (Å²) in [7, 11) is 0. The third-order valence-corrected chi connectivity index (χ3v) is 5.44. The third-order valence-electron chi connectivity index (χ3n) is 5.44. The molecule has 0 aromatic rings. The van der Waals surface area contributed by atoms with Gasteiger partial charge in [-0.3, -0.25) is 0 Å². The lowest BCUT2D eigenvalue weighted by molar-refractivity contribution is 0.127. The number of hydrogen-bond acceptors (Lipinski definition) is 1. The van der Waals surface area contributed by atoms with Crippen molar-refractivity contribution in [2.45, 2.75) is 77.2 Å². The molecule has 1 nitrogen and oxygen atoms in total. The zero-order valence-corrected chi connectivity index (χ0v) is 11.2. The molecule has 2 fully saturated rings. The van der Waals surface area contributed by atoms with Gasteiger partial charge in [0, 0.05) is 5.54 Å². The van der Waals surface area contributed by atoms with Crippen LogP contribution in [0.4, 0.5) is 0 Å². The Hall–Kier alpha value is -0.0400. The van der Waals surface area contributed by atoms with Crippen molar-refractivity contribution in [2.24, 2.45) is 23.5 Å². The second kappa shape index (κ2) is 5.08. The minimum atomic E-state index is 0.210. The highest BCUT2D eigenvalue weighted by atomic mass is 14.8. The van der Waals surface area contributed by atoms with Crippen molar-refractivity contribution in [1.82, 2.24) is 0 Å². The summed E-state index contributed by atoms with van der Waals surface area (Å²) >= 11 is 0. The van der Waals surface area contributed by atoms with Crippen LogP contribution < -0.4 is 5.73 Å². The number of rotatable bonds is 3. The molecule has 4 atom stereocenters. The van der Waals surface area contributed by atoms with Crippen molar-refractivity contribution < 1.29 is 0 Å². The quantitative estimate of drug-likeness (QED) is 0.765. The van der Waals surface area contributed by atoms with Crippen molar-refractivity contribution in [1.29, 1.82) is 0 Å². The van der Waals surface area contributed by atoms with Crippen LogP contribution in [0.15, 0.2) is 0 Å². The van der Waals surface area contributed by atoms with Crippen molar-refractivity contribution in [2.75, 3.05) is 0 Å². The molecule has 0 saturated heterocycles. The zero-order valence-electron chi connectivity index (χ0n) is 11.2. The Labute approximate surface area is 101 Å². The molecule has 0 amide bonds. The van der Waals surface area contributed by atoms with E-state index >= 15 is 0 Å². The Bertz CT molecular complexity index is 225. The standard InChI is InChI=1S/C15H29N/c1-3-12-9-10-15(16,11-12)14-8-6-5-7-13(14)4-2/h12-14H,3-11,16H2,1-2H3. The van der Waals surface area contributed by atoms with Gasteiger partial charge in [-0.15, -0.1) is 0 Å². The van der Waals surface area contributed by atoms with Crippen molar-refractivity contribution >= 4 is 0 Å². The summed E-state index contributed by atoms with van der Waals surface area (Å²) in [6.07, 6.45) is 12.4. The summed E-state index contributed by atoms with van der Waals surface area (Å²) in [5.41, 5.74) is 6.98. The molecule has 2 aliphatic carbocycles. The Morgan fingerprint density at radius 2 is 1.81 bits per heavy atom. The molecule has 16 heavy (non-hydrogen) atoms. The molecule has 2 rings (SSSR count). The van der Waals surface area contributed by atoms with Gasteiger partial charge < -0.3 is 5.73 Å². The number of hydrogen-bond donors (Lipinski definition) is 1. The van der Waals surface area contributed by atoms with Crippen LogP contribution in [0.5, 0.6) is 0 Å². The SMILES string of the molecule is CCC1CCC(N)(C2CCCCC2CC)C1. The van der Waals surface area contributed by atoms with Gasteiger partial charge in [-0.25, -0.2) is 0 Å². The molecule has 2 N–H and O–H groups in total. The first kappa shape index (κ1) is 12.4. The van der Waals surface area contributed by atoms with Crippen LogP contribution in [0.1, 0.15) is 71.6 Å². The van der Waals surface area contributed by atoms with Gasteiger partial charge in [0.2, 0.25) is 0 Å². The lowest BCUT2D eigenvalue weighted by atomic mass is 9.67. The fourth-order valence-corrected chi connectivity index (χ4v) is 4.35. The smallest absolute Gasteiger partial charge is 0.0188 e. The third kappa shape index (κ3) is 2.30. The van der Waals surface area contributed by atoms with Crippen molar-refractivity contribution in [3.63, 3.8) is 0 Å². The molecule has 2 saturated carbocycles. The van der Waals surface area contributed by atoms with Gasteiger partial charge in [0.15, 0.2) is 0 Å². The second-order valence-corrected chi connectivity index (χ2v) is 6.31. The molecule has 0 bridgehead atoms. The summed E-state index contributed by atoms with van der Waals surface area (Å²) in [5, 5.41) is 0. The van der Waals surface area contributed by atoms with Gasteiger partial charge >= 0.3 is 0 Å². The zero-order chi connectivity index (χ0) is 11.6. The molecule has 0 aromatic heterocycles. The average Bonchev–Trinajstić information content (AvgIpc) is 2.72. The van der Waals surface area contributed by atoms with Gasteiger partial charge in [-0.1, -0.05) is 46.0 Å². The lowest BCUT2D eigenvalue weighted by Crippen LogP contribution is -2.49. The Morgan fingerprint density at radius 1 is 1.06 bits per heavy atom. The molecule has 1 heteroatoms. The first-order valence-electron chi connectivity index (χ1n) is 7.48. The maximum absolute atomic E-state index is 6.77. The van der Waals surface area contributed by atoms with E-state index in [-0.39, 0.29) is 5.54 Å². The second-order valence-electron chi connectivity index (χ2n) is 6.31. The van der Waals surface area contributed by atoms with E-state index in [1.54, 1.807) is 0 Å². The fourth-order valence-electron chi connectivity index (χ4n) is 4.35. The molecule has 4 unspecified atom stereocenters. The molecule has 0 aromatic carbocycles. The highest BCUT2D eigenvalue weighted by molar-refractivity contribution is 5.01. The largest absolute Gasteiger partial charge is 0.325 e. The first-order valence-corrected chi connectivity index (χ1v) is 7.48. The van der Waals surface area contributed by atoms with Crippen molar-refractivity contribution in [3.8, 4) is 0 Å². The monoisotopic (exact) mass is 223 g/mol. The molecule has 2 aliphatic rings. The molecule has 0 spiro atoms. The van der Waals surface area contributed by atoms with E-state index < -0.39 is 0 Å². The molecule has 0 heterocycles. The summed E-state index contributed by atoms with van der Waals surface area (Å²) in [5.74, 6) is 2.68. The highest BCUT2D eigenvalue weighted by Crippen LogP contribution is 2.47. The van der Waals surface area contributed by atoms with E-state index in [4.69, 9.17) is 5.73 Å². The van der Waals surface area contributed by atoms with Crippen LogP contribution in [-0.2, 0) is 0 Å². The van der Waals surface area contributed by atoms with Crippen LogP contribution >= 0.6 is 0 Å². The summed E-state index contributed by atoms with van der Waals surface area (Å²) in [6, 6.07) is 0. The lowest BCUT2D eigenvalue weighted by Gasteiger charge is -2.42. The van der Waals surface area contributed by atoms with E-state index in [0.29, 0.717) is 0 Å².